The number of aliphatic hydroxyl groups excluding tert-OH is 1. The van der Waals surface area contributed by atoms with Gasteiger partial charge in [-0.1, -0.05) is 6.07 Å². The van der Waals surface area contributed by atoms with Gasteiger partial charge in [0.2, 0.25) is 0 Å². The van der Waals surface area contributed by atoms with Crippen molar-refractivity contribution in [3.8, 4) is 0 Å². The summed E-state index contributed by atoms with van der Waals surface area (Å²) in [6, 6.07) is 8.35. The van der Waals surface area contributed by atoms with Gasteiger partial charge in [-0.05, 0) is 42.3 Å². The van der Waals surface area contributed by atoms with Gasteiger partial charge in [0.15, 0.2) is 0 Å². The molecule has 1 N–H and O–H groups in total. The molecule has 0 saturated heterocycles. The van der Waals surface area contributed by atoms with E-state index < -0.39 is 0 Å². The molecular weight excluding hydrogens is 270 g/mol. The molecule has 0 radical (unpaired) electrons. The first kappa shape index (κ1) is 14.9. The fourth-order valence-corrected chi connectivity index (χ4v) is 2.93. The Morgan fingerprint density at radius 3 is 3.05 bits per heavy atom. The molecule has 0 aliphatic heterocycles. The van der Waals surface area contributed by atoms with E-state index in [9.17, 15) is 0 Å². The van der Waals surface area contributed by atoms with E-state index >= 15 is 0 Å². The van der Waals surface area contributed by atoms with Crippen LogP contribution in [0.3, 0.4) is 0 Å². The van der Waals surface area contributed by atoms with Gasteiger partial charge in [-0.25, -0.2) is 0 Å². The maximum atomic E-state index is 8.66. The third-order valence-corrected chi connectivity index (χ3v) is 3.77. The Morgan fingerprint density at radius 2 is 2.30 bits per heavy atom. The minimum atomic E-state index is 0.0710. The zero-order valence-corrected chi connectivity index (χ0v) is 12.4. The Kier molecular flexibility index (Phi) is 5.92. The maximum Gasteiger partial charge on any atom is 0.0702 e. The number of pyridine rings is 1. The molecule has 0 saturated carbocycles. The van der Waals surface area contributed by atoms with Crippen molar-refractivity contribution >= 4 is 17.4 Å². The van der Waals surface area contributed by atoms with Gasteiger partial charge in [0, 0.05) is 28.6 Å². The quantitative estimate of drug-likeness (QED) is 0.796. The van der Waals surface area contributed by atoms with Crippen molar-refractivity contribution in [3.05, 3.63) is 57.6 Å². The van der Waals surface area contributed by atoms with Crippen LogP contribution in [0, 0.1) is 0 Å². The lowest BCUT2D eigenvalue weighted by Crippen LogP contribution is -2.01. The highest BCUT2D eigenvalue weighted by Gasteiger charge is 2.01. The van der Waals surface area contributed by atoms with Crippen molar-refractivity contribution in [2.24, 2.45) is 0 Å². The second-order valence-corrected chi connectivity index (χ2v) is 5.81. The molecule has 0 aromatic carbocycles. The van der Waals surface area contributed by atoms with Crippen molar-refractivity contribution in [2.45, 2.75) is 13.3 Å². The number of aliphatic hydroxyl groups is 1. The van der Waals surface area contributed by atoms with Crippen LogP contribution in [-0.4, -0.2) is 29.9 Å². The standard InChI is InChI=1S/C16H19NO2S/c1-13(12-19-8-7-18)9-15-4-5-16(20-15)10-14-3-2-6-17-11-14/h2-6,9,11,18H,7-8,10,12H2,1H3/b13-9+. The van der Waals surface area contributed by atoms with Crippen LogP contribution in [0.2, 0.25) is 0 Å². The largest absolute Gasteiger partial charge is 0.394 e. The first-order chi connectivity index (χ1) is 9.78. The van der Waals surface area contributed by atoms with E-state index in [4.69, 9.17) is 9.84 Å². The molecule has 0 fully saturated rings. The van der Waals surface area contributed by atoms with E-state index in [0.29, 0.717) is 13.2 Å². The normalized spacial score (nSPS) is 11.8. The summed E-state index contributed by atoms with van der Waals surface area (Å²) in [7, 11) is 0. The highest BCUT2D eigenvalue weighted by atomic mass is 32.1. The molecule has 106 valence electrons. The zero-order valence-electron chi connectivity index (χ0n) is 11.6. The number of hydrogen-bond donors (Lipinski definition) is 1. The Balaban J connectivity index is 1.93. The summed E-state index contributed by atoms with van der Waals surface area (Å²) >= 11 is 1.79. The van der Waals surface area contributed by atoms with Gasteiger partial charge >= 0.3 is 0 Å². The van der Waals surface area contributed by atoms with Crippen molar-refractivity contribution < 1.29 is 9.84 Å². The Hall–Kier alpha value is -1.49. The molecule has 0 aliphatic rings. The monoisotopic (exact) mass is 289 g/mol. The van der Waals surface area contributed by atoms with Crippen LogP contribution in [0.15, 0.2) is 42.2 Å². The molecule has 0 unspecified atom stereocenters. The molecule has 2 rings (SSSR count). The van der Waals surface area contributed by atoms with E-state index in [1.807, 2.05) is 19.2 Å². The molecule has 4 heteroatoms. The minimum Gasteiger partial charge on any atom is -0.394 e. The SMILES string of the molecule is C/C(=C\c1ccc(Cc2cccnc2)s1)COCCO. The molecule has 2 heterocycles. The van der Waals surface area contributed by atoms with Crippen molar-refractivity contribution in [3.63, 3.8) is 0 Å². The minimum absolute atomic E-state index is 0.0710. The van der Waals surface area contributed by atoms with E-state index in [1.165, 1.54) is 15.3 Å². The van der Waals surface area contributed by atoms with Crippen molar-refractivity contribution in [2.75, 3.05) is 19.8 Å². The summed E-state index contributed by atoms with van der Waals surface area (Å²) in [5, 5.41) is 8.66. The fourth-order valence-electron chi connectivity index (χ4n) is 1.85. The summed E-state index contributed by atoms with van der Waals surface area (Å²) < 4.78 is 5.30. The second kappa shape index (κ2) is 7.94. The highest BCUT2D eigenvalue weighted by Crippen LogP contribution is 2.22. The van der Waals surface area contributed by atoms with E-state index in [2.05, 4.69) is 29.3 Å². The molecule has 0 aliphatic carbocycles. The first-order valence-corrected chi connectivity index (χ1v) is 7.43. The lowest BCUT2D eigenvalue weighted by atomic mass is 10.2. The van der Waals surface area contributed by atoms with Crippen LogP contribution in [-0.2, 0) is 11.2 Å². The Labute approximate surface area is 123 Å². The van der Waals surface area contributed by atoms with Crippen LogP contribution in [0.25, 0.3) is 6.08 Å². The number of rotatable bonds is 7. The Bertz CT molecular complexity index is 549. The Morgan fingerprint density at radius 1 is 1.40 bits per heavy atom. The number of hydrogen-bond acceptors (Lipinski definition) is 4. The topological polar surface area (TPSA) is 42.4 Å². The lowest BCUT2D eigenvalue weighted by Gasteiger charge is -2.01. The fraction of sp³-hybridized carbons (Fsp3) is 0.312. The van der Waals surface area contributed by atoms with Crippen molar-refractivity contribution in [1.29, 1.82) is 0 Å². The molecule has 2 aromatic rings. The number of aromatic nitrogens is 1. The van der Waals surface area contributed by atoms with Gasteiger partial charge in [-0.2, -0.15) is 0 Å². The van der Waals surface area contributed by atoms with Crippen LogP contribution in [0.4, 0.5) is 0 Å². The average molecular weight is 289 g/mol. The predicted octanol–water partition coefficient (Wildman–Crippen LogP) is 3.15. The smallest absolute Gasteiger partial charge is 0.0702 e. The molecular formula is C16H19NO2S. The molecule has 20 heavy (non-hydrogen) atoms. The maximum absolute atomic E-state index is 8.66. The number of ether oxygens (including phenoxy) is 1. The highest BCUT2D eigenvalue weighted by molar-refractivity contribution is 7.12. The third-order valence-electron chi connectivity index (χ3n) is 2.74. The molecule has 0 bridgehead atoms. The van der Waals surface area contributed by atoms with Gasteiger partial charge in [-0.15, -0.1) is 11.3 Å². The van der Waals surface area contributed by atoms with Gasteiger partial charge in [0.05, 0.1) is 19.8 Å². The van der Waals surface area contributed by atoms with Crippen molar-refractivity contribution in [1.82, 2.24) is 4.98 Å². The van der Waals surface area contributed by atoms with Gasteiger partial charge in [-0.3, -0.25) is 4.98 Å². The van der Waals surface area contributed by atoms with E-state index in [1.54, 1.807) is 17.5 Å². The number of thiophene rings is 1. The summed E-state index contributed by atoms with van der Waals surface area (Å²) in [6.45, 7) is 3.07. The van der Waals surface area contributed by atoms with Gasteiger partial charge < -0.3 is 9.84 Å². The van der Waals surface area contributed by atoms with Crippen LogP contribution in [0.5, 0.6) is 0 Å². The molecule has 0 amide bonds. The second-order valence-electron chi connectivity index (χ2n) is 4.61. The average Bonchev–Trinajstić information content (AvgIpc) is 2.87. The van der Waals surface area contributed by atoms with Crippen LogP contribution >= 0.6 is 11.3 Å². The first-order valence-electron chi connectivity index (χ1n) is 6.61. The summed E-state index contributed by atoms with van der Waals surface area (Å²) in [5.74, 6) is 0. The third kappa shape index (κ3) is 4.89. The molecule has 3 nitrogen and oxygen atoms in total. The van der Waals surface area contributed by atoms with E-state index in [-0.39, 0.29) is 6.61 Å². The molecule has 0 atom stereocenters. The van der Waals surface area contributed by atoms with Gasteiger partial charge in [0.25, 0.3) is 0 Å². The summed E-state index contributed by atoms with van der Waals surface area (Å²) in [4.78, 5) is 6.69. The molecule has 0 spiro atoms. The summed E-state index contributed by atoms with van der Waals surface area (Å²) in [6.07, 6.45) is 6.76. The lowest BCUT2D eigenvalue weighted by molar-refractivity contribution is 0.108. The van der Waals surface area contributed by atoms with Crippen LogP contribution < -0.4 is 0 Å². The predicted molar refractivity (Wildman–Crippen MR) is 82.9 cm³/mol. The zero-order chi connectivity index (χ0) is 14.2. The molecule has 2 aromatic heterocycles. The van der Waals surface area contributed by atoms with E-state index in [0.717, 1.165) is 12.0 Å². The number of nitrogens with zero attached hydrogens (tertiary/aromatic N) is 1. The van der Waals surface area contributed by atoms with Crippen LogP contribution in [0.1, 0.15) is 22.2 Å². The summed E-state index contributed by atoms with van der Waals surface area (Å²) in [5.41, 5.74) is 2.39. The van der Waals surface area contributed by atoms with Gasteiger partial charge in [0.1, 0.15) is 0 Å².